The number of rotatable bonds is 4. The van der Waals surface area contributed by atoms with Crippen molar-refractivity contribution < 1.29 is 4.74 Å². The van der Waals surface area contributed by atoms with Gasteiger partial charge in [-0.05, 0) is 50.3 Å². The van der Waals surface area contributed by atoms with Gasteiger partial charge in [0.25, 0.3) is 0 Å². The number of H-pyrrole nitrogens is 1. The van der Waals surface area contributed by atoms with Gasteiger partial charge in [0.05, 0.1) is 23.0 Å². The van der Waals surface area contributed by atoms with Crippen molar-refractivity contribution in [3.63, 3.8) is 0 Å². The molecule has 1 aromatic carbocycles. The Kier molecular flexibility index (Phi) is 4.23. The Hall–Kier alpha value is -2.12. The van der Waals surface area contributed by atoms with Crippen molar-refractivity contribution in [2.24, 2.45) is 7.05 Å². The summed E-state index contributed by atoms with van der Waals surface area (Å²) in [5.41, 5.74) is 2.33. The molecule has 2 aromatic heterocycles. The molecule has 0 unspecified atom stereocenters. The van der Waals surface area contributed by atoms with E-state index >= 15 is 0 Å². The van der Waals surface area contributed by atoms with Gasteiger partial charge in [-0.2, -0.15) is 10.2 Å². The number of hydrogen-bond acceptors (Lipinski definition) is 4. The van der Waals surface area contributed by atoms with Gasteiger partial charge >= 0.3 is 0 Å². The summed E-state index contributed by atoms with van der Waals surface area (Å²) in [7, 11) is 1.83. The molecule has 23 heavy (non-hydrogen) atoms. The van der Waals surface area contributed by atoms with Gasteiger partial charge in [-0.3, -0.25) is 14.3 Å². The van der Waals surface area contributed by atoms with Gasteiger partial charge in [0.2, 0.25) is 0 Å². The minimum atomic E-state index is 0.485. The minimum Gasteiger partial charge on any atom is -0.494 e. The van der Waals surface area contributed by atoms with Crippen molar-refractivity contribution in [2.45, 2.75) is 13.8 Å². The summed E-state index contributed by atoms with van der Waals surface area (Å²) >= 11 is 11.8. The zero-order chi connectivity index (χ0) is 16.6. The van der Waals surface area contributed by atoms with Crippen LogP contribution in [0.2, 0.25) is 5.02 Å². The lowest BCUT2D eigenvalue weighted by molar-refractivity contribution is 0.340. The van der Waals surface area contributed by atoms with E-state index in [-0.39, 0.29) is 0 Å². The maximum atomic E-state index is 6.38. The number of halogens is 1. The lowest BCUT2D eigenvalue weighted by Gasteiger charge is -2.09. The summed E-state index contributed by atoms with van der Waals surface area (Å²) < 4.78 is 9.49. The molecule has 0 fully saturated rings. The predicted molar refractivity (Wildman–Crippen MR) is 91.9 cm³/mol. The first kappa shape index (κ1) is 15.8. The molecule has 0 aliphatic carbocycles. The second-order valence-corrected chi connectivity index (χ2v) is 5.75. The number of aromatic nitrogens is 5. The lowest BCUT2D eigenvalue weighted by atomic mass is 10.3. The number of hydrogen-bond donors (Lipinski definition) is 1. The predicted octanol–water partition coefficient (Wildman–Crippen LogP) is 3.69. The SMILES string of the molecule is CCOc1ccc(-n2c(-c3c(Cl)c(C)nn3C)n[nH]c2=S)cc1. The third-order valence-electron chi connectivity index (χ3n) is 3.44. The van der Waals surface area contributed by atoms with E-state index in [0.29, 0.717) is 27.9 Å². The fraction of sp³-hybridized carbons (Fsp3) is 0.267. The summed E-state index contributed by atoms with van der Waals surface area (Å²) in [5.74, 6) is 1.43. The van der Waals surface area contributed by atoms with E-state index in [1.807, 2.05) is 49.7 Å². The summed E-state index contributed by atoms with van der Waals surface area (Å²) in [6.07, 6.45) is 0. The van der Waals surface area contributed by atoms with Crippen molar-refractivity contribution in [3.05, 3.63) is 39.8 Å². The normalized spacial score (nSPS) is 11.0. The van der Waals surface area contributed by atoms with Crippen molar-refractivity contribution in [1.29, 1.82) is 0 Å². The standard InChI is InChI=1S/C15H16ClN5OS/c1-4-22-11-7-5-10(6-8-11)21-14(17-18-15(21)23)13-12(16)9(2)19-20(13)3/h5-8H,4H2,1-3H3,(H,18,23). The van der Waals surface area contributed by atoms with Gasteiger partial charge in [0.1, 0.15) is 11.4 Å². The molecule has 120 valence electrons. The Balaban J connectivity index is 2.14. The summed E-state index contributed by atoms with van der Waals surface area (Å²) in [6.45, 7) is 4.43. The second-order valence-electron chi connectivity index (χ2n) is 4.99. The largest absolute Gasteiger partial charge is 0.494 e. The first-order valence-electron chi connectivity index (χ1n) is 7.13. The molecule has 0 saturated heterocycles. The molecular formula is C15H16ClN5OS. The van der Waals surface area contributed by atoms with Crippen molar-refractivity contribution >= 4 is 23.8 Å². The quantitative estimate of drug-likeness (QED) is 0.730. The van der Waals surface area contributed by atoms with Crippen LogP contribution in [0.25, 0.3) is 17.2 Å². The van der Waals surface area contributed by atoms with E-state index in [9.17, 15) is 0 Å². The van der Waals surface area contributed by atoms with Crippen molar-refractivity contribution in [2.75, 3.05) is 6.61 Å². The maximum absolute atomic E-state index is 6.38. The van der Waals surface area contributed by atoms with Crippen molar-refractivity contribution in [1.82, 2.24) is 24.5 Å². The van der Waals surface area contributed by atoms with E-state index in [1.54, 1.807) is 4.68 Å². The molecule has 0 radical (unpaired) electrons. The molecule has 3 aromatic rings. The van der Waals surface area contributed by atoms with Crippen LogP contribution in [0.5, 0.6) is 5.75 Å². The first-order valence-corrected chi connectivity index (χ1v) is 7.91. The van der Waals surface area contributed by atoms with Crippen LogP contribution in [0, 0.1) is 11.7 Å². The molecule has 0 atom stereocenters. The van der Waals surface area contributed by atoms with E-state index in [0.717, 1.165) is 17.1 Å². The van der Waals surface area contributed by atoms with Crippen molar-refractivity contribution in [3.8, 4) is 23.0 Å². The van der Waals surface area contributed by atoms with Crippen LogP contribution in [-0.4, -0.2) is 31.2 Å². The van der Waals surface area contributed by atoms with Gasteiger partial charge in [0, 0.05) is 7.05 Å². The number of nitrogens with one attached hydrogen (secondary N) is 1. The van der Waals surface area contributed by atoms with Crippen LogP contribution in [-0.2, 0) is 7.05 Å². The smallest absolute Gasteiger partial charge is 0.200 e. The molecule has 8 heteroatoms. The third-order valence-corrected chi connectivity index (χ3v) is 4.17. The molecule has 0 spiro atoms. The molecular weight excluding hydrogens is 334 g/mol. The summed E-state index contributed by atoms with van der Waals surface area (Å²) in [4.78, 5) is 0. The highest BCUT2D eigenvalue weighted by atomic mass is 35.5. The number of nitrogens with zero attached hydrogens (tertiary/aromatic N) is 4. The summed E-state index contributed by atoms with van der Waals surface area (Å²) in [5, 5.41) is 12.0. The highest BCUT2D eigenvalue weighted by Gasteiger charge is 2.20. The Bertz CT molecular complexity index is 894. The fourth-order valence-electron chi connectivity index (χ4n) is 2.43. The molecule has 0 bridgehead atoms. The molecule has 1 N–H and O–H groups in total. The molecule has 0 aliphatic rings. The first-order chi connectivity index (χ1) is 11.0. The minimum absolute atomic E-state index is 0.485. The zero-order valence-electron chi connectivity index (χ0n) is 13.0. The van der Waals surface area contributed by atoms with Gasteiger partial charge < -0.3 is 4.74 Å². The van der Waals surface area contributed by atoms with Gasteiger partial charge in [-0.15, -0.1) is 0 Å². The van der Waals surface area contributed by atoms with Crippen LogP contribution >= 0.6 is 23.8 Å². The maximum Gasteiger partial charge on any atom is 0.200 e. The Morgan fingerprint density at radius 2 is 2.00 bits per heavy atom. The van der Waals surface area contributed by atoms with Gasteiger partial charge in [-0.25, -0.2) is 0 Å². The van der Waals surface area contributed by atoms with Crippen LogP contribution in [0.4, 0.5) is 0 Å². The van der Waals surface area contributed by atoms with Gasteiger partial charge in [-0.1, -0.05) is 11.6 Å². The van der Waals surface area contributed by atoms with Gasteiger partial charge in [0.15, 0.2) is 10.6 Å². The second kappa shape index (κ2) is 6.17. The third kappa shape index (κ3) is 2.77. The Morgan fingerprint density at radius 3 is 2.57 bits per heavy atom. The number of benzene rings is 1. The number of aromatic amines is 1. The number of aryl methyl sites for hydroxylation is 2. The molecule has 2 heterocycles. The van der Waals surface area contributed by atoms with E-state index in [2.05, 4.69) is 15.3 Å². The average Bonchev–Trinajstić information content (AvgIpc) is 3.01. The molecule has 0 aliphatic heterocycles. The topological polar surface area (TPSA) is 60.7 Å². The summed E-state index contributed by atoms with van der Waals surface area (Å²) in [6, 6.07) is 7.65. The van der Waals surface area contributed by atoms with Crippen LogP contribution in [0.1, 0.15) is 12.6 Å². The molecule has 6 nitrogen and oxygen atoms in total. The van der Waals surface area contributed by atoms with Crippen LogP contribution < -0.4 is 4.74 Å². The highest BCUT2D eigenvalue weighted by molar-refractivity contribution is 7.71. The van der Waals surface area contributed by atoms with E-state index in [1.165, 1.54) is 0 Å². The lowest BCUT2D eigenvalue weighted by Crippen LogP contribution is -2.02. The molecule has 0 amide bonds. The highest BCUT2D eigenvalue weighted by Crippen LogP contribution is 2.30. The number of ether oxygens (including phenoxy) is 1. The molecule has 3 rings (SSSR count). The fourth-order valence-corrected chi connectivity index (χ4v) is 2.91. The Morgan fingerprint density at radius 1 is 1.30 bits per heavy atom. The zero-order valence-corrected chi connectivity index (χ0v) is 14.6. The van der Waals surface area contributed by atoms with E-state index < -0.39 is 0 Å². The Labute approximate surface area is 143 Å². The van der Waals surface area contributed by atoms with E-state index in [4.69, 9.17) is 28.6 Å². The van der Waals surface area contributed by atoms with Crippen LogP contribution in [0.15, 0.2) is 24.3 Å². The average molecular weight is 350 g/mol. The monoisotopic (exact) mass is 349 g/mol. The van der Waals surface area contributed by atoms with Crippen LogP contribution in [0.3, 0.4) is 0 Å². The molecule has 0 saturated carbocycles.